The zero-order chi connectivity index (χ0) is 28.1. The number of piperidine rings is 1. The SMILES string of the molecule is COc1ccc(C(NC(=O)[C@H]2CC[C@H]3[C@@H]4CC=C5NC(=O)CC[C@]5(C)[C@H]4CC[C@]23C)c2ccc(OC)cc2)cc1. The second kappa shape index (κ2) is 10.3. The summed E-state index contributed by atoms with van der Waals surface area (Å²) in [5.41, 5.74) is 3.24. The number of methoxy groups -OCH3 is 2. The summed E-state index contributed by atoms with van der Waals surface area (Å²) in [5.74, 6) is 3.55. The van der Waals surface area contributed by atoms with Crippen LogP contribution >= 0.6 is 0 Å². The molecule has 4 aliphatic rings. The Morgan fingerprint density at radius 3 is 2.12 bits per heavy atom. The number of hydrogen-bond acceptors (Lipinski definition) is 4. The summed E-state index contributed by atoms with van der Waals surface area (Å²) in [6, 6.07) is 15.7. The van der Waals surface area contributed by atoms with Crippen molar-refractivity contribution in [2.75, 3.05) is 14.2 Å². The van der Waals surface area contributed by atoms with Crippen LogP contribution in [0.15, 0.2) is 60.3 Å². The topological polar surface area (TPSA) is 76.7 Å². The van der Waals surface area contributed by atoms with Crippen molar-refractivity contribution in [3.8, 4) is 11.5 Å². The van der Waals surface area contributed by atoms with E-state index in [9.17, 15) is 9.59 Å². The van der Waals surface area contributed by atoms with Crippen LogP contribution in [0.5, 0.6) is 11.5 Å². The molecule has 0 radical (unpaired) electrons. The molecule has 0 unspecified atom stereocenters. The Balaban J connectivity index is 1.25. The molecule has 2 saturated carbocycles. The average molecular weight is 543 g/mol. The van der Waals surface area contributed by atoms with E-state index in [1.54, 1.807) is 14.2 Å². The van der Waals surface area contributed by atoms with Gasteiger partial charge >= 0.3 is 0 Å². The van der Waals surface area contributed by atoms with E-state index in [1.165, 1.54) is 0 Å². The van der Waals surface area contributed by atoms with Gasteiger partial charge in [-0.05, 0) is 97.1 Å². The Kier molecular flexibility index (Phi) is 6.92. The first-order chi connectivity index (χ1) is 19.3. The van der Waals surface area contributed by atoms with Gasteiger partial charge < -0.3 is 20.1 Å². The molecule has 1 heterocycles. The van der Waals surface area contributed by atoms with E-state index in [-0.39, 0.29) is 34.6 Å². The number of amides is 2. The number of benzene rings is 2. The van der Waals surface area contributed by atoms with Crippen molar-refractivity contribution in [2.45, 2.75) is 64.8 Å². The summed E-state index contributed by atoms with van der Waals surface area (Å²) in [6.07, 6.45) is 9.06. The van der Waals surface area contributed by atoms with Gasteiger partial charge in [-0.1, -0.05) is 44.2 Å². The lowest BCUT2D eigenvalue weighted by atomic mass is 9.49. The number of rotatable bonds is 6. The molecule has 212 valence electrons. The zero-order valence-corrected chi connectivity index (χ0v) is 24.2. The van der Waals surface area contributed by atoms with Gasteiger partial charge in [-0.25, -0.2) is 0 Å². The van der Waals surface area contributed by atoms with Gasteiger partial charge in [0.15, 0.2) is 0 Å². The molecular formula is C34H42N2O4. The minimum absolute atomic E-state index is 0.0123. The normalized spacial score (nSPS) is 32.7. The maximum absolute atomic E-state index is 14.2. The summed E-state index contributed by atoms with van der Waals surface area (Å²) in [6.45, 7) is 4.75. The molecule has 0 aromatic heterocycles. The highest BCUT2D eigenvalue weighted by Gasteiger charge is 2.60. The molecule has 0 bridgehead atoms. The average Bonchev–Trinajstić information content (AvgIpc) is 3.34. The van der Waals surface area contributed by atoms with Crippen molar-refractivity contribution in [1.29, 1.82) is 0 Å². The van der Waals surface area contributed by atoms with E-state index in [2.05, 4.69) is 30.6 Å². The lowest BCUT2D eigenvalue weighted by Gasteiger charge is -2.57. The lowest BCUT2D eigenvalue weighted by molar-refractivity contribution is -0.133. The molecule has 2 aromatic carbocycles. The van der Waals surface area contributed by atoms with E-state index in [0.717, 1.165) is 66.8 Å². The molecule has 6 nitrogen and oxygen atoms in total. The fourth-order valence-electron chi connectivity index (χ4n) is 8.82. The third kappa shape index (κ3) is 4.40. The van der Waals surface area contributed by atoms with Gasteiger partial charge in [0, 0.05) is 23.5 Å². The predicted molar refractivity (Wildman–Crippen MR) is 155 cm³/mol. The van der Waals surface area contributed by atoms with Crippen LogP contribution in [-0.4, -0.2) is 26.0 Å². The molecular weight excluding hydrogens is 500 g/mol. The second-order valence-corrected chi connectivity index (χ2v) is 12.9. The molecule has 1 saturated heterocycles. The molecule has 2 amide bonds. The van der Waals surface area contributed by atoms with Gasteiger partial charge in [-0.2, -0.15) is 0 Å². The molecule has 3 fully saturated rings. The Morgan fingerprint density at radius 2 is 1.52 bits per heavy atom. The lowest BCUT2D eigenvalue weighted by Crippen LogP contribution is -2.54. The summed E-state index contributed by atoms with van der Waals surface area (Å²) < 4.78 is 10.8. The fourth-order valence-corrected chi connectivity index (χ4v) is 8.82. The van der Waals surface area contributed by atoms with Gasteiger partial charge in [0.25, 0.3) is 0 Å². The van der Waals surface area contributed by atoms with E-state index in [4.69, 9.17) is 9.47 Å². The molecule has 40 heavy (non-hydrogen) atoms. The van der Waals surface area contributed by atoms with Gasteiger partial charge in [-0.15, -0.1) is 0 Å². The van der Waals surface area contributed by atoms with Crippen molar-refractivity contribution in [3.63, 3.8) is 0 Å². The largest absolute Gasteiger partial charge is 0.497 e. The number of allylic oxidation sites excluding steroid dienone is 2. The number of hydrogen-bond donors (Lipinski definition) is 2. The maximum Gasteiger partial charge on any atom is 0.224 e. The zero-order valence-electron chi connectivity index (χ0n) is 24.2. The van der Waals surface area contributed by atoms with Crippen LogP contribution in [0.4, 0.5) is 0 Å². The fraction of sp³-hybridized carbons (Fsp3) is 0.529. The van der Waals surface area contributed by atoms with Gasteiger partial charge in [-0.3, -0.25) is 9.59 Å². The number of carbonyl (C=O) groups excluding carboxylic acids is 2. The van der Waals surface area contributed by atoms with Crippen molar-refractivity contribution >= 4 is 11.8 Å². The highest BCUT2D eigenvalue weighted by Crippen LogP contribution is 2.65. The maximum atomic E-state index is 14.2. The summed E-state index contributed by atoms with van der Waals surface area (Å²) >= 11 is 0. The van der Waals surface area contributed by atoms with Gasteiger partial charge in [0.1, 0.15) is 11.5 Å². The second-order valence-electron chi connectivity index (χ2n) is 12.9. The van der Waals surface area contributed by atoms with Crippen molar-refractivity contribution in [2.24, 2.45) is 34.5 Å². The Bertz CT molecular complexity index is 1250. The van der Waals surface area contributed by atoms with Crippen molar-refractivity contribution in [1.82, 2.24) is 10.6 Å². The minimum atomic E-state index is -0.256. The summed E-state index contributed by atoms with van der Waals surface area (Å²) in [4.78, 5) is 26.3. The molecule has 6 atom stereocenters. The number of fused-ring (bicyclic) bond motifs is 5. The smallest absolute Gasteiger partial charge is 0.224 e. The molecule has 6 rings (SSSR count). The summed E-state index contributed by atoms with van der Waals surface area (Å²) in [5, 5.41) is 6.67. The predicted octanol–water partition coefficient (Wildman–Crippen LogP) is 6.17. The third-order valence-electron chi connectivity index (χ3n) is 11.1. The molecule has 2 aromatic rings. The third-order valence-corrected chi connectivity index (χ3v) is 11.1. The molecule has 1 aliphatic heterocycles. The molecule has 2 N–H and O–H groups in total. The van der Waals surface area contributed by atoms with Crippen LogP contribution < -0.4 is 20.1 Å². The van der Waals surface area contributed by atoms with Crippen LogP contribution in [0.2, 0.25) is 0 Å². The molecule has 0 spiro atoms. The van der Waals surface area contributed by atoms with E-state index >= 15 is 0 Å². The Labute approximate surface area is 237 Å². The first kappa shape index (κ1) is 26.9. The van der Waals surface area contributed by atoms with Crippen LogP contribution in [0.25, 0.3) is 0 Å². The summed E-state index contributed by atoms with van der Waals surface area (Å²) in [7, 11) is 3.33. The van der Waals surface area contributed by atoms with Crippen LogP contribution in [-0.2, 0) is 9.59 Å². The standard InChI is InChI=1S/C34H42N2O4/c1-33-19-17-27-25(13-16-29-34(27,2)20-18-30(37)35-29)26(33)14-15-28(33)32(38)36-31(21-5-9-23(39-3)10-6-21)22-7-11-24(40-4)12-8-22/h5-12,16,25-28,31H,13-15,17-20H2,1-4H3,(H,35,37)(H,36,38)/t25-,26-,27-,28+,33-,34+/m0/s1. The molecule has 6 heteroatoms. The monoisotopic (exact) mass is 542 g/mol. The number of ether oxygens (including phenoxy) is 2. The van der Waals surface area contributed by atoms with Crippen molar-refractivity contribution in [3.05, 3.63) is 71.4 Å². The first-order valence-corrected chi connectivity index (χ1v) is 14.9. The van der Waals surface area contributed by atoms with E-state index in [0.29, 0.717) is 24.2 Å². The van der Waals surface area contributed by atoms with Crippen LogP contribution in [0.1, 0.15) is 76.0 Å². The quantitative estimate of drug-likeness (QED) is 0.458. The molecule has 3 aliphatic carbocycles. The highest BCUT2D eigenvalue weighted by molar-refractivity contribution is 5.81. The van der Waals surface area contributed by atoms with Gasteiger partial charge in [0.2, 0.25) is 11.8 Å². The van der Waals surface area contributed by atoms with Crippen LogP contribution in [0, 0.1) is 34.5 Å². The number of carbonyl (C=O) groups is 2. The van der Waals surface area contributed by atoms with E-state index < -0.39 is 0 Å². The van der Waals surface area contributed by atoms with E-state index in [1.807, 2.05) is 48.5 Å². The van der Waals surface area contributed by atoms with Crippen LogP contribution in [0.3, 0.4) is 0 Å². The Hall–Kier alpha value is -3.28. The number of nitrogens with one attached hydrogen (secondary N) is 2. The highest BCUT2D eigenvalue weighted by atomic mass is 16.5. The van der Waals surface area contributed by atoms with Crippen molar-refractivity contribution < 1.29 is 19.1 Å². The first-order valence-electron chi connectivity index (χ1n) is 14.9. The minimum Gasteiger partial charge on any atom is -0.497 e. The van der Waals surface area contributed by atoms with Gasteiger partial charge in [0.05, 0.1) is 20.3 Å². The Morgan fingerprint density at radius 1 is 0.900 bits per heavy atom.